The van der Waals surface area contributed by atoms with E-state index in [1.807, 2.05) is 6.92 Å². The zero-order valence-corrected chi connectivity index (χ0v) is 12.3. The predicted octanol–water partition coefficient (Wildman–Crippen LogP) is 2.40. The lowest BCUT2D eigenvalue weighted by Gasteiger charge is -2.28. The maximum Gasteiger partial charge on any atom is 0.160 e. The van der Waals surface area contributed by atoms with Crippen LogP contribution in [0.5, 0.6) is 0 Å². The molecule has 106 valence electrons. The fourth-order valence-electron chi connectivity index (χ4n) is 3.10. The molecular weight excluding hydrogens is 238 g/mol. The van der Waals surface area contributed by atoms with Crippen LogP contribution in [0.25, 0.3) is 0 Å². The molecule has 1 aliphatic carbocycles. The fraction of sp³-hybridized carbons (Fsp3) is 0.733. The number of aromatic nitrogens is 2. The van der Waals surface area contributed by atoms with Gasteiger partial charge in [-0.15, -0.1) is 0 Å². The van der Waals surface area contributed by atoms with Crippen molar-refractivity contribution in [3.63, 3.8) is 0 Å². The summed E-state index contributed by atoms with van der Waals surface area (Å²) in [6.45, 7) is 7.51. The van der Waals surface area contributed by atoms with Gasteiger partial charge in [-0.25, -0.2) is 9.97 Å². The minimum absolute atomic E-state index is 0.245. The van der Waals surface area contributed by atoms with E-state index in [1.165, 1.54) is 18.4 Å². The van der Waals surface area contributed by atoms with Crippen LogP contribution in [0.4, 0.5) is 0 Å². The molecule has 2 rings (SSSR count). The molecule has 1 aromatic heterocycles. The maximum atomic E-state index is 6.04. The van der Waals surface area contributed by atoms with Gasteiger partial charge in [0.25, 0.3) is 0 Å². The minimum Gasteiger partial charge on any atom is -0.367 e. The van der Waals surface area contributed by atoms with Crippen LogP contribution in [0.15, 0.2) is 0 Å². The van der Waals surface area contributed by atoms with Gasteiger partial charge < -0.3 is 10.5 Å². The molecule has 0 amide bonds. The van der Waals surface area contributed by atoms with Gasteiger partial charge in [0.1, 0.15) is 5.60 Å². The lowest BCUT2D eigenvalue weighted by molar-refractivity contribution is -0.0459. The van der Waals surface area contributed by atoms with Gasteiger partial charge >= 0.3 is 0 Å². The molecule has 1 fully saturated rings. The first kappa shape index (κ1) is 14.4. The van der Waals surface area contributed by atoms with Gasteiger partial charge in [-0.2, -0.15) is 0 Å². The number of nitrogens with zero attached hydrogens (tertiary/aromatic N) is 2. The highest BCUT2D eigenvalue weighted by Gasteiger charge is 2.39. The second kappa shape index (κ2) is 5.97. The van der Waals surface area contributed by atoms with Crippen molar-refractivity contribution in [2.75, 3.05) is 13.2 Å². The van der Waals surface area contributed by atoms with Gasteiger partial charge in [0.2, 0.25) is 0 Å². The first-order valence-electron chi connectivity index (χ1n) is 7.31. The largest absolute Gasteiger partial charge is 0.367 e. The zero-order chi connectivity index (χ0) is 13.9. The van der Waals surface area contributed by atoms with Crippen LogP contribution in [0.2, 0.25) is 0 Å². The number of rotatable bonds is 5. The number of aryl methyl sites for hydroxylation is 2. The molecule has 1 aliphatic rings. The highest BCUT2D eigenvalue weighted by atomic mass is 16.5. The zero-order valence-electron chi connectivity index (χ0n) is 12.3. The van der Waals surface area contributed by atoms with Gasteiger partial charge in [0.05, 0.1) is 0 Å². The van der Waals surface area contributed by atoms with Crippen LogP contribution in [-0.2, 0) is 16.8 Å². The summed E-state index contributed by atoms with van der Waals surface area (Å²) >= 11 is 0. The Balaban J connectivity index is 2.39. The first-order chi connectivity index (χ1) is 9.13. The Hall–Kier alpha value is -1.00. The molecule has 0 bridgehead atoms. The number of hydrogen-bond acceptors (Lipinski definition) is 4. The molecule has 0 saturated heterocycles. The summed E-state index contributed by atoms with van der Waals surface area (Å²) in [5, 5.41) is 0. The molecule has 4 heteroatoms. The van der Waals surface area contributed by atoms with E-state index >= 15 is 0 Å². The van der Waals surface area contributed by atoms with Gasteiger partial charge in [-0.05, 0) is 65.0 Å². The van der Waals surface area contributed by atoms with E-state index in [9.17, 15) is 0 Å². The highest BCUT2D eigenvalue weighted by Crippen LogP contribution is 2.40. The Morgan fingerprint density at radius 2 is 1.74 bits per heavy atom. The summed E-state index contributed by atoms with van der Waals surface area (Å²) in [6, 6.07) is 0. The van der Waals surface area contributed by atoms with Gasteiger partial charge in [-0.3, -0.25) is 0 Å². The summed E-state index contributed by atoms with van der Waals surface area (Å²) in [5.74, 6) is 0.877. The van der Waals surface area contributed by atoms with Crippen molar-refractivity contribution in [3.05, 3.63) is 22.8 Å². The number of ether oxygens (including phenoxy) is 1. The lowest BCUT2D eigenvalue weighted by atomic mass is 9.99. The summed E-state index contributed by atoms with van der Waals surface area (Å²) in [4.78, 5) is 9.47. The summed E-state index contributed by atoms with van der Waals surface area (Å²) in [6.07, 6.45) is 5.32. The Bertz CT molecular complexity index is 416. The molecule has 0 unspecified atom stereocenters. The van der Waals surface area contributed by atoms with Crippen LogP contribution >= 0.6 is 0 Å². The maximum absolute atomic E-state index is 6.04. The number of hydrogen-bond donors (Lipinski definition) is 1. The third-order valence-corrected chi connectivity index (χ3v) is 4.05. The SMILES string of the molecule is CCOC1(c2nc(C)c(CCN)c(C)n2)CCCC1. The molecule has 0 aromatic carbocycles. The Kier molecular flexibility index (Phi) is 4.53. The van der Waals surface area contributed by atoms with Crippen LogP contribution in [0, 0.1) is 13.8 Å². The molecular formula is C15H25N3O. The van der Waals surface area contributed by atoms with Crippen LogP contribution in [0.1, 0.15) is 55.4 Å². The van der Waals surface area contributed by atoms with E-state index in [0.29, 0.717) is 13.2 Å². The molecule has 0 radical (unpaired) electrons. The standard InChI is InChI=1S/C15H25N3O/c1-4-19-15(8-5-6-9-15)14-17-11(2)13(7-10-16)12(3)18-14/h4-10,16H2,1-3H3. The van der Waals surface area contributed by atoms with Gasteiger partial charge in [-0.1, -0.05) is 0 Å². The molecule has 1 heterocycles. The topological polar surface area (TPSA) is 61.0 Å². The van der Waals surface area contributed by atoms with E-state index in [-0.39, 0.29) is 5.60 Å². The van der Waals surface area contributed by atoms with Gasteiger partial charge in [0.15, 0.2) is 5.82 Å². The van der Waals surface area contributed by atoms with E-state index < -0.39 is 0 Å². The Morgan fingerprint density at radius 3 is 2.21 bits per heavy atom. The molecule has 1 saturated carbocycles. The van der Waals surface area contributed by atoms with Crippen molar-refractivity contribution in [3.8, 4) is 0 Å². The summed E-state index contributed by atoms with van der Waals surface area (Å²) in [5.41, 5.74) is 8.71. The summed E-state index contributed by atoms with van der Waals surface area (Å²) in [7, 11) is 0. The molecule has 0 spiro atoms. The highest BCUT2D eigenvalue weighted by molar-refractivity contribution is 5.26. The molecule has 4 nitrogen and oxygen atoms in total. The molecule has 0 atom stereocenters. The average molecular weight is 263 g/mol. The van der Waals surface area contributed by atoms with E-state index in [4.69, 9.17) is 20.4 Å². The number of nitrogens with two attached hydrogens (primary N) is 1. The van der Waals surface area contributed by atoms with Crippen molar-refractivity contribution < 1.29 is 4.74 Å². The molecule has 1 aromatic rings. The fourth-order valence-corrected chi connectivity index (χ4v) is 3.10. The first-order valence-corrected chi connectivity index (χ1v) is 7.31. The second-order valence-corrected chi connectivity index (χ2v) is 5.37. The average Bonchev–Trinajstić information content (AvgIpc) is 2.84. The van der Waals surface area contributed by atoms with Crippen molar-refractivity contribution in [1.29, 1.82) is 0 Å². The Morgan fingerprint density at radius 1 is 1.16 bits per heavy atom. The molecule has 0 aliphatic heterocycles. The summed E-state index contributed by atoms with van der Waals surface area (Å²) < 4.78 is 6.04. The van der Waals surface area contributed by atoms with Crippen LogP contribution in [-0.4, -0.2) is 23.1 Å². The van der Waals surface area contributed by atoms with E-state index in [0.717, 1.165) is 36.5 Å². The third-order valence-electron chi connectivity index (χ3n) is 4.05. The van der Waals surface area contributed by atoms with Gasteiger partial charge in [0, 0.05) is 18.0 Å². The van der Waals surface area contributed by atoms with Crippen LogP contribution < -0.4 is 5.73 Å². The Labute approximate surface area is 115 Å². The monoisotopic (exact) mass is 263 g/mol. The van der Waals surface area contributed by atoms with Crippen molar-refractivity contribution in [2.45, 2.75) is 58.5 Å². The quantitative estimate of drug-likeness (QED) is 0.886. The second-order valence-electron chi connectivity index (χ2n) is 5.37. The van der Waals surface area contributed by atoms with Crippen molar-refractivity contribution in [1.82, 2.24) is 9.97 Å². The van der Waals surface area contributed by atoms with Crippen LogP contribution in [0.3, 0.4) is 0 Å². The molecule has 2 N–H and O–H groups in total. The third kappa shape index (κ3) is 2.79. The van der Waals surface area contributed by atoms with Crippen molar-refractivity contribution in [2.24, 2.45) is 5.73 Å². The minimum atomic E-state index is -0.245. The normalized spacial score (nSPS) is 17.9. The predicted molar refractivity (Wildman–Crippen MR) is 76.0 cm³/mol. The van der Waals surface area contributed by atoms with E-state index in [2.05, 4.69) is 13.8 Å². The van der Waals surface area contributed by atoms with E-state index in [1.54, 1.807) is 0 Å². The molecule has 19 heavy (non-hydrogen) atoms. The smallest absolute Gasteiger partial charge is 0.160 e. The lowest BCUT2D eigenvalue weighted by Crippen LogP contribution is -2.30. The van der Waals surface area contributed by atoms with Crippen molar-refractivity contribution >= 4 is 0 Å².